The molecule has 2 aliphatic rings. The van der Waals surface area contributed by atoms with Gasteiger partial charge < -0.3 is 35.3 Å². The van der Waals surface area contributed by atoms with Crippen molar-refractivity contribution in [3.8, 4) is 16.9 Å². The normalized spacial score (nSPS) is 18.9. The van der Waals surface area contributed by atoms with E-state index in [4.69, 9.17) is 14.2 Å². The number of rotatable bonds is 13. The van der Waals surface area contributed by atoms with Crippen molar-refractivity contribution in [2.45, 2.75) is 76.6 Å². The maximum atomic E-state index is 13.6. The van der Waals surface area contributed by atoms with E-state index >= 15 is 0 Å². The second-order valence-corrected chi connectivity index (χ2v) is 15.3. The highest BCUT2D eigenvalue weighted by atomic mass is 16.6. The van der Waals surface area contributed by atoms with Gasteiger partial charge in [0.05, 0.1) is 24.6 Å². The molecule has 1 aliphatic heterocycles. The summed E-state index contributed by atoms with van der Waals surface area (Å²) in [5.41, 5.74) is 6.37. The first kappa shape index (κ1) is 41.7. The average Bonchev–Trinajstić information content (AvgIpc) is 3.56. The highest BCUT2D eigenvalue weighted by Gasteiger charge is 2.31. The first-order valence-corrected chi connectivity index (χ1v) is 20.1. The Hall–Kier alpha value is -5.94. The van der Waals surface area contributed by atoms with Crippen LogP contribution in [-0.2, 0) is 36.9 Å². The van der Waals surface area contributed by atoms with Gasteiger partial charge in [0.1, 0.15) is 31.6 Å². The number of hydrogen-bond acceptors (Lipinski definition) is 8. The van der Waals surface area contributed by atoms with E-state index in [1.165, 1.54) is 0 Å². The Kier molecular flexibility index (Phi) is 14.7. The number of hydrogen-bond donors (Lipinski definition) is 4. The molecule has 4 aromatic rings. The van der Waals surface area contributed by atoms with Crippen LogP contribution in [0.3, 0.4) is 0 Å². The van der Waals surface area contributed by atoms with E-state index in [-0.39, 0.29) is 62.7 Å². The largest absolute Gasteiger partial charge is 0.489 e. The van der Waals surface area contributed by atoms with E-state index in [1.807, 2.05) is 117 Å². The Morgan fingerprint density at radius 2 is 1.53 bits per heavy atom. The van der Waals surface area contributed by atoms with E-state index in [1.54, 1.807) is 0 Å². The minimum absolute atomic E-state index is 0.102. The second kappa shape index (κ2) is 20.5. The number of carbonyl (C=O) groups is 4. The van der Waals surface area contributed by atoms with Crippen molar-refractivity contribution in [1.29, 1.82) is 0 Å². The Labute approximate surface area is 340 Å². The summed E-state index contributed by atoms with van der Waals surface area (Å²) < 4.78 is 17.3. The number of ether oxygens (including phenoxy) is 3. The second-order valence-electron chi connectivity index (χ2n) is 15.3. The topological polar surface area (TPSA) is 152 Å². The van der Waals surface area contributed by atoms with Gasteiger partial charge in [-0.05, 0) is 77.1 Å². The molecule has 0 radical (unpaired) electrons. The fourth-order valence-electron chi connectivity index (χ4n) is 7.35. The lowest BCUT2D eigenvalue weighted by molar-refractivity contribution is -0.148. The van der Waals surface area contributed by atoms with E-state index in [2.05, 4.69) is 28.1 Å². The zero-order valence-corrected chi connectivity index (χ0v) is 33.1. The molecular formula is C47H53N3O8. The molecule has 0 saturated carbocycles. The van der Waals surface area contributed by atoms with E-state index in [0.29, 0.717) is 25.2 Å². The third-order valence-electron chi connectivity index (χ3n) is 10.7. The van der Waals surface area contributed by atoms with E-state index in [0.717, 1.165) is 33.4 Å². The smallest absolute Gasteiger partial charge is 0.407 e. The third kappa shape index (κ3) is 11.3. The molecule has 0 spiro atoms. The van der Waals surface area contributed by atoms with Crippen molar-refractivity contribution in [2.24, 2.45) is 11.8 Å². The predicted octanol–water partition coefficient (Wildman–Crippen LogP) is 6.62. The summed E-state index contributed by atoms with van der Waals surface area (Å²) in [5.74, 6) is -1.55. The summed E-state index contributed by atoms with van der Waals surface area (Å²) in [7, 11) is 0. The molecule has 58 heavy (non-hydrogen) atoms. The van der Waals surface area contributed by atoms with Crippen LogP contribution in [-0.4, -0.2) is 66.9 Å². The molecule has 6 rings (SSSR count). The molecule has 4 atom stereocenters. The van der Waals surface area contributed by atoms with Crippen LogP contribution in [0.2, 0.25) is 0 Å². The van der Waals surface area contributed by atoms with Crippen LogP contribution in [0.5, 0.6) is 5.75 Å². The predicted molar refractivity (Wildman–Crippen MR) is 221 cm³/mol. The van der Waals surface area contributed by atoms with Gasteiger partial charge in [0.25, 0.3) is 0 Å². The Bertz CT molecular complexity index is 1990. The number of cyclic esters (lactones) is 1. The van der Waals surface area contributed by atoms with E-state index < -0.39 is 36.1 Å². The fraction of sp³-hybridized carbons (Fsp3) is 0.362. The van der Waals surface area contributed by atoms with Gasteiger partial charge in [0.2, 0.25) is 11.8 Å². The Balaban J connectivity index is 1.02. The molecule has 11 heteroatoms. The van der Waals surface area contributed by atoms with Crippen LogP contribution in [0, 0.1) is 11.8 Å². The van der Waals surface area contributed by atoms with Gasteiger partial charge in [-0.2, -0.15) is 0 Å². The monoisotopic (exact) mass is 787 g/mol. The van der Waals surface area contributed by atoms with Gasteiger partial charge in [-0.1, -0.05) is 117 Å². The van der Waals surface area contributed by atoms with Gasteiger partial charge in [-0.25, -0.2) is 9.59 Å². The number of aliphatic hydroxyl groups is 1. The molecule has 0 saturated heterocycles. The van der Waals surface area contributed by atoms with Gasteiger partial charge in [0, 0.05) is 12.3 Å². The highest BCUT2D eigenvalue weighted by Crippen LogP contribution is 2.44. The molecule has 0 fully saturated rings. The van der Waals surface area contributed by atoms with Crippen LogP contribution >= 0.6 is 0 Å². The molecule has 3 amide bonds. The molecule has 4 N–H and O–H groups in total. The summed E-state index contributed by atoms with van der Waals surface area (Å²) >= 11 is 0. The third-order valence-corrected chi connectivity index (χ3v) is 10.7. The summed E-state index contributed by atoms with van der Waals surface area (Å²) in [5, 5.41) is 18.7. The summed E-state index contributed by atoms with van der Waals surface area (Å²) in [6, 6.07) is 31.5. The Morgan fingerprint density at radius 3 is 2.21 bits per heavy atom. The minimum Gasteiger partial charge on any atom is -0.489 e. The van der Waals surface area contributed by atoms with E-state index in [9.17, 15) is 24.3 Å². The van der Waals surface area contributed by atoms with Gasteiger partial charge >= 0.3 is 12.1 Å². The number of aliphatic hydroxyl groups excluding tert-OH is 1. The number of amides is 3. The summed E-state index contributed by atoms with van der Waals surface area (Å²) in [6.45, 7) is 3.97. The van der Waals surface area contributed by atoms with Crippen molar-refractivity contribution in [3.63, 3.8) is 0 Å². The molecule has 0 aromatic heterocycles. The van der Waals surface area contributed by atoms with Crippen LogP contribution in [0.4, 0.5) is 4.79 Å². The number of allylic oxidation sites excluding steroid dienone is 2. The van der Waals surface area contributed by atoms with Crippen molar-refractivity contribution >= 4 is 23.9 Å². The van der Waals surface area contributed by atoms with Crippen molar-refractivity contribution in [2.75, 3.05) is 19.8 Å². The molecule has 304 valence electrons. The number of alkyl carbamates (subject to hydrolysis) is 1. The van der Waals surface area contributed by atoms with Crippen LogP contribution in [0.1, 0.15) is 67.7 Å². The fourth-order valence-corrected chi connectivity index (χ4v) is 7.35. The number of nitrogens with one attached hydrogen (secondary N) is 3. The summed E-state index contributed by atoms with van der Waals surface area (Å²) in [4.78, 5) is 53.4. The number of fused-ring (bicyclic) bond motifs is 3. The quantitative estimate of drug-likeness (QED) is 0.0872. The molecule has 1 heterocycles. The lowest BCUT2D eigenvalue weighted by Gasteiger charge is -2.26. The lowest BCUT2D eigenvalue weighted by Crippen LogP contribution is -2.48. The number of esters is 1. The van der Waals surface area contributed by atoms with Gasteiger partial charge in [0.15, 0.2) is 0 Å². The molecule has 11 nitrogen and oxygen atoms in total. The molecule has 0 bridgehead atoms. The van der Waals surface area contributed by atoms with Crippen molar-refractivity contribution in [1.82, 2.24) is 16.0 Å². The van der Waals surface area contributed by atoms with Gasteiger partial charge in [-0.3, -0.25) is 9.59 Å². The van der Waals surface area contributed by atoms with Crippen LogP contribution in [0.15, 0.2) is 115 Å². The first-order chi connectivity index (χ1) is 28.2. The van der Waals surface area contributed by atoms with Crippen molar-refractivity contribution in [3.05, 3.63) is 138 Å². The number of carbonyl (C=O) groups excluding carboxylic acids is 4. The number of benzene rings is 4. The van der Waals surface area contributed by atoms with Crippen LogP contribution < -0.4 is 20.7 Å². The zero-order valence-electron chi connectivity index (χ0n) is 33.1. The molecule has 0 unspecified atom stereocenters. The SMILES string of the molecule is CC(C)[C@H]1COC(=O)[C@@H](NC(=O)OCC2c3ccccc3-c3ccccc32)CCC=CC[C@H](CC(=O)N[C@H](CO)Cc2ccc(OCc3ccccc3)cc2)C(=O)N1. The zero-order chi connectivity index (χ0) is 40.9. The first-order valence-electron chi connectivity index (χ1n) is 20.1. The van der Waals surface area contributed by atoms with Gasteiger partial charge in [-0.15, -0.1) is 0 Å². The molecular weight excluding hydrogens is 735 g/mol. The molecule has 4 aromatic carbocycles. The highest BCUT2D eigenvalue weighted by molar-refractivity contribution is 5.86. The summed E-state index contributed by atoms with van der Waals surface area (Å²) in [6.07, 6.45) is 4.15. The maximum absolute atomic E-state index is 13.6. The lowest BCUT2D eigenvalue weighted by atomic mass is 9.96. The average molecular weight is 788 g/mol. The van der Waals surface area contributed by atoms with Crippen molar-refractivity contribution < 1.29 is 38.5 Å². The Morgan fingerprint density at radius 1 is 0.862 bits per heavy atom. The van der Waals surface area contributed by atoms with Crippen LogP contribution in [0.25, 0.3) is 11.1 Å². The molecule has 1 aliphatic carbocycles. The standard InChI is InChI=1S/C47H53N3O8/c1-31(2)43-30-57-46(54)42(50-47(55)58-29-41-39-18-11-9-16-37(39)38-17-10-12-19-40(38)41)20-8-4-7-15-34(45(53)49-43)26-44(52)48-35(27-51)25-32-21-23-36(24-22-32)56-28-33-13-5-3-6-14-33/h3-7,9-14,16-19,21-24,31,34-35,41-43,51H,8,15,20,25-30H2,1-2H3,(H,48,52)(H,49,53)(H,50,55)/t34-,35+,42+,43-/m1/s1. The minimum atomic E-state index is -0.973. The maximum Gasteiger partial charge on any atom is 0.407 e.